The quantitative estimate of drug-likeness (QED) is 0.874. The molecule has 0 aliphatic heterocycles. The van der Waals surface area contributed by atoms with Crippen LogP contribution < -0.4 is 4.72 Å². The monoisotopic (exact) mass is 303 g/mol. The maximum atomic E-state index is 13.7. The van der Waals surface area contributed by atoms with Gasteiger partial charge in [0.15, 0.2) is 0 Å². The molecular weight excluding hydrogens is 285 g/mol. The number of hydrogen-bond donors (Lipinski definition) is 2. The molecule has 0 saturated heterocycles. The molecule has 0 atom stereocenters. The van der Waals surface area contributed by atoms with Gasteiger partial charge in [-0.3, -0.25) is 0 Å². The zero-order valence-corrected chi connectivity index (χ0v) is 12.6. The Kier molecular flexibility index (Phi) is 4.55. The van der Waals surface area contributed by atoms with Crippen LogP contribution in [0, 0.1) is 12.7 Å². The molecule has 5 nitrogen and oxygen atoms in total. The highest BCUT2D eigenvalue weighted by Gasteiger charge is 2.27. The van der Waals surface area contributed by atoms with Crippen molar-refractivity contribution in [1.29, 1.82) is 0 Å². The number of aromatic carboxylic acids is 1. The molecule has 0 fully saturated rings. The van der Waals surface area contributed by atoms with Crippen molar-refractivity contribution in [2.24, 2.45) is 0 Å². The molecule has 0 unspecified atom stereocenters. The summed E-state index contributed by atoms with van der Waals surface area (Å²) in [5.74, 6) is -2.24. The molecule has 0 heterocycles. The zero-order valence-electron chi connectivity index (χ0n) is 11.8. The number of sulfonamides is 1. The van der Waals surface area contributed by atoms with Gasteiger partial charge in [0.25, 0.3) is 0 Å². The highest BCUT2D eigenvalue weighted by Crippen LogP contribution is 2.23. The number of rotatable bonds is 5. The average molecular weight is 303 g/mol. The molecule has 7 heteroatoms. The molecule has 0 aliphatic rings. The number of benzene rings is 1. The standard InChI is InChI=1S/C13H18FNO4S/c1-5-13(3,4)15-20(18,19)11-7-9(12(16)17)6-10(14)8(11)2/h6-7,15H,5H2,1-4H3,(H,16,17). The van der Waals surface area contributed by atoms with E-state index in [4.69, 9.17) is 5.11 Å². The number of carboxylic acid groups (broad SMARTS) is 1. The van der Waals surface area contributed by atoms with Gasteiger partial charge >= 0.3 is 5.97 Å². The first kappa shape index (κ1) is 16.6. The van der Waals surface area contributed by atoms with Crippen molar-refractivity contribution in [2.75, 3.05) is 0 Å². The van der Waals surface area contributed by atoms with E-state index in [0.717, 1.165) is 12.1 Å². The maximum Gasteiger partial charge on any atom is 0.335 e. The molecule has 0 amide bonds. The number of carbonyl (C=O) groups is 1. The van der Waals surface area contributed by atoms with Crippen LogP contribution >= 0.6 is 0 Å². The summed E-state index contributed by atoms with van der Waals surface area (Å²) in [6.07, 6.45) is 0.534. The largest absolute Gasteiger partial charge is 0.478 e. The molecule has 0 aliphatic carbocycles. The molecule has 0 radical (unpaired) electrons. The van der Waals surface area contributed by atoms with E-state index in [1.165, 1.54) is 6.92 Å². The Morgan fingerprint density at radius 3 is 2.40 bits per heavy atom. The van der Waals surface area contributed by atoms with Crippen LogP contribution in [0.25, 0.3) is 0 Å². The Hall–Kier alpha value is -1.47. The SMILES string of the molecule is CCC(C)(C)NS(=O)(=O)c1cc(C(=O)O)cc(F)c1C. The van der Waals surface area contributed by atoms with Crippen LogP contribution in [0.15, 0.2) is 17.0 Å². The van der Waals surface area contributed by atoms with Gasteiger partial charge in [0.2, 0.25) is 10.0 Å². The van der Waals surface area contributed by atoms with E-state index in [9.17, 15) is 17.6 Å². The number of carboxylic acids is 1. The normalized spacial score (nSPS) is 12.4. The summed E-state index contributed by atoms with van der Waals surface area (Å²) in [7, 11) is -3.99. The second-order valence-electron chi connectivity index (χ2n) is 5.23. The Labute approximate surface area is 117 Å². The fourth-order valence-corrected chi connectivity index (χ4v) is 3.31. The van der Waals surface area contributed by atoms with Crippen LogP contribution in [-0.2, 0) is 10.0 Å². The van der Waals surface area contributed by atoms with E-state index in [2.05, 4.69) is 4.72 Å². The van der Waals surface area contributed by atoms with Gasteiger partial charge in [-0.05, 0) is 39.3 Å². The van der Waals surface area contributed by atoms with E-state index in [1.54, 1.807) is 13.8 Å². The van der Waals surface area contributed by atoms with Crippen molar-refractivity contribution in [3.63, 3.8) is 0 Å². The summed E-state index contributed by atoms with van der Waals surface area (Å²) in [6, 6.07) is 1.77. The van der Waals surface area contributed by atoms with Crippen LogP contribution in [0.5, 0.6) is 0 Å². The molecule has 0 spiro atoms. The second kappa shape index (κ2) is 5.49. The summed E-state index contributed by atoms with van der Waals surface area (Å²) >= 11 is 0. The Balaban J connectivity index is 3.42. The molecule has 112 valence electrons. The van der Waals surface area contributed by atoms with Crippen molar-refractivity contribution in [1.82, 2.24) is 4.72 Å². The first-order valence-electron chi connectivity index (χ1n) is 6.07. The van der Waals surface area contributed by atoms with Crippen LogP contribution in [0.3, 0.4) is 0 Å². The molecule has 1 rings (SSSR count). The minimum Gasteiger partial charge on any atom is -0.478 e. The van der Waals surface area contributed by atoms with E-state index in [-0.39, 0.29) is 10.5 Å². The van der Waals surface area contributed by atoms with Crippen LogP contribution in [-0.4, -0.2) is 25.0 Å². The van der Waals surface area contributed by atoms with Gasteiger partial charge in [0.1, 0.15) is 5.82 Å². The van der Waals surface area contributed by atoms with Gasteiger partial charge in [0.05, 0.1) is 10.5 Å². The highest BCUT2D eigenvalue weighted by molar-refractivity contribution is 7.89. The second-order valence-corrected chi connectivity index (χ2v) is 6.88. The van der Waals surface area contributed by atoms with Gasteiger partial charge in [-0.1, -0.05) is 6.92 Å². The molecule has 1 aromatic rings. The minimum atomic E-state index is -3.99. The van der Waals surface area contributed by atoms with Gasteiger partial charge < -0.3 is 5.11 Å². The first-order chi connectivity index (χ1) is 9.00. The lowest BCUT2D eigenvalue weighted by molar-refractivity contribution is 0.0696. The fourth-order valence-electron chi connectivity index (χ4n) is 1.55. The van der Waals surface area contributed by atoms with E-state index in [0.29, 0.717) is 6.42 Å². The van der Waals surface area contributed by atoms with Crippen molar-refractivity contribution in [3.05, 3.63) is 29.1 Å². The summed E-state index contributed by atoms with van der Waals surface area (Å²) in [5, 5.41) is 8.89. The van der Waals surface area contributed by atoms with E-state index >= 15 is 0 Å². The number of halogens is 1. The summed E-state index contributed by atoms with van der Waals surface area (Å²) in [6.45, 7) is 6.49. The zero-order chi connectivity index (χ0) is 15.7. The van der Waals surface area contributed by atoms with Crippen molar-refractivity contribution in [2.45, 2.75) is 44.6 Å². The fraction of sp³-hybridized carbons (Fsp3) is 0.462. The van der Waals surface area contributed by atoms with Crippen LogP contribution in [0.2, 0.25) is 0 Å². The average Bonchev–Trinajstić information content (AvgIpc) is 2.30. The van der Waals surface area contributed by atoms with Gasteiger partial charge in [-0.15, -0.1) is 0 Å². The molecule has 20 heavy (non-hydrogen) atoms. The Bertz CT molecular complexity index is 638. The van der Waals surface area contributed by atoms with Gasteiger partial charge in [-0.25, -0.2) is 22.3 Å². The smallest absolute Gasteiger partial charge is 0.335 e. The molecule has 0 aromatic heterocycles. The van der Waals surface area contributed by atoms with Gasteiger partial charge in [0, 0.05) is 11.1 Å². The van der Waals surface area contributed by atoms with Gasteiger partial charge in [-0.2, -0.15) is 0 Å². The topological polar surface area (TPSA) is 83.5 Å². The van der Waals surface area contributed by atoms with Crippen molar-refractivity contribution in [3.8, 4) is 0 Å². The molecular formula is C13H18FNO4S. The van der Waals surface area contributed by atoms with E-state index in [1.807, 2.05) is 6.92 Å². The lowest BCUT2D eigenvalue weighted by atomic mass is 10.0. The van der Waals surface area contributed by atoms with E-state index < -0.39 is 32.9 Å². The lowest BCUT2D eigenvalue weighted by Crippen LogP contribution is -2.43. The third-order valence-electron chi connectivity index (χ3n) is 3.13. The molecule has 1 aromatic carbocycles. The highest BCUT2D eigenvalue weighted by atomic mass is 32.2. The van der Waals surface area contributed by atoms with Crippen molar-refractivity contribution >= 4 is 16.0 Å². The summed E-state index contributed by atoms with van der Waals surface area (Å²) in [5.41, 5.74) is -1.21. The molecule has 0 bridgehead atoms. The molecule has 2 N–H and O–H groups in total. The maximum absolute atomic E-state index is 13.7. The third kappa shape index (κ3) is 3.55. The van der Waals surface area contributed by atoms with Crippen LogP contribution in [0.1, 0.15) is 43.1 Å². The Morgan fingerprint density at radius 1 is 1.40 bits per heavy atom. The lowest BCUT2D eigenvalue weighted by Gasteiger charge is -2.24. The first-order valence-corrected chi connectivity index (χ1v) is 7.56. The minimum absolute atomic E-state index is 0.102. The Morgan fingerprint density at radius 2 is 1.95 bits per heavy atom. The van der Waals surface area contributed by atoms with Crippen molar-refractivity contribution < 1.29 is 22.7 Å². The number of hydrogen-bond acceptors (Lipinski definition) is 3. The number of nitrogens with one attached hydrogen (secondary N) is 1. The molecule has 0 saturated carbocycles. The summed E-state index contributed by atoms with van der Waals surface area (Å²) in [4.78, 5) is 10.6. The predicted molar refractivity (Wildman–Crippen MR) is 72.8 cm³/mol. The predicted octanol–water partition coefficient (Wildman–Crippen LogP) is 2.30. The third-order valence-corrected chi connectivity index (χ3v) is 4.95. The summed E-state index contributed by atoms with van der Waals surface area (Å²) < 4.78 is 40.7. The van der Waals surface area contributed by atoms with Crippen LogP contribution in [0.4, 0.5) is 4.39 Å².